The molecule has 10 nitrogen and oxygen atoms in total. The molecule has 0 saturated heterocycles. The van der Waals surface area contributed by atoms with E-state index in [4.69, 9.17) is 43.9 Å². The molecule has 0 spiro atoms. The van der Waals surface area contributed by atoms with Gasteiger partial charge in [0.2, 0.25) is 0 Å². The van der Waals surface area contributed by atoms with Crippen LogP contribution in [0.4, 0.5) is 4.39 Å². The maximum absolute atomic E-state index is 13.2. The van der Waals surface area contributed by atoms with Gasteiger partial charge in [0, 0.05) is 12.1 Å². The largest absolute Gasteiger partial charge is 1.00 e. The number of halogens is 4. The van der Waals surface area contributed by atoms with E-state index in [0.29, 0.717) is 59.4 Å². The SMILES string of the molecule is Brc1c(Oc2ccccc2)cccc1Oc1cccc(Oc2cccc(Oc3ccccc3)c2Br)c1.Fc1cccc(Oc2ccccc2)c1Br.O=CO[O-].Oc1cccc(O)c1.[H-].[K+].[K+]. The fourth-order valence-corrected chi connectivity index (χ4v) is 6.25. The first-order valence-corrected chi connectivity index (χ1v) is 20.9. The molecule has 65 heavy (non-hydrogen) atoms. The van der Waals surface area contributed by atoms with Crippen molar-refractivity contribution in [1.29, 1.82) is 0 Å². The van der Waals surface area contributed by atoms with Crippen molar-refractivity contribution >= 4 is 54.3 Å². The van der Waals surface area contributed by atoms with Crippen LogP contribution in [0.2, 0.25) is 0 Å². The number of carbonyl (C=O) groups is 1. The summed E-state index contributed by atoms with van der Waals surface area (Å²) in [6.45, 7) is -0.181. The molecule has 0 aliphatic rings. The van der Waals surface area contributed by atoms with Crippen molar-refractivity contribution in [2.45, 2.75) is 0 Å². The molecule has 0 unspecified atom stereocenters. The Morgan fingerprint density at radius 3 is 1.02 bits per heavy atom. The Bertz CT molecular complexity index is 2540. The zero-order chi connectivity index (χ0) is 44.8. The Kier molecular flexibility index (Phi) is 26.3. The molecule has 0 saturated carbocycles. The molecule has 0 fully saturated rings. The second-order valence-corrected chi connectivity index (χ2v) is 14.7. The molecule has 0 aliphatic heterocycles. The predicted molar refractivity (Wildman–Crippen MR) is 247 cm³/mol. The van der Waals surface area contributed by atoms with Crippen LogP contribution < -0.4 is 132 Å². The van der Waals surface area contributed by atoms with Crippen molar-refractivity contribution in [2.24, 2.45) is 0 Å². The van der Waals surface area contributed by atoms with Gasteiger partial charge in [0.05, 0.1) is 4.47 Å². The van der Waals surface area contributed by atoms with Crippen LogP contribution in [0.25, 0.3) is 0 Å². The minimum atomic E-state index is -0.330. The summed E-state index contributed by atoms with van der Waals surface area (Å²) in [6.07, 6.45) is 0. The summed E-state index contributed by atoms with van der Waals surface area (Å²) in [5, 5.41) is 25.7. The number of aromatic hydroxyl groups is 2. The fraction of sp³-hybridized carbons (Fsp3) is 0. The van der Waals surface area contributed by atoms with Gasteiger partial charge < -0.3 is 45.5 Å². The van der Waals surface area contributed by atoms with Gasteiger partial charge in [-0.3, -0.25) is 4.79 Å². The number of benzene rings is 8. The maximum Gasteiger partial charge on any atom is 1.00 e. The van der Waals surface area contributed by atoms with E-state index in [2.05, 4.69) is 52.7 Å². The Hall–Kier alpha value is -3.57. The summed E-state index contributed by atoms with van der Waals surface area (Å²) in [5.74, 6) is 6.30. The maximum atomic E-state index is 13.2. The third-order valence-corrected chi connectivity index (χ3v) is 10.1. The number of carbonyl (C=O) groups excluding carboxylic acids is 1. The minimum absolute atomic E-state index is 0. The molecule has 322 valence electrons. The standard InChI is InChI=1S/C30H20Br2O4.C12H8BrFO.C6H6O2.CH2O3.2K.H/c31-29-25(33-21-10-3-1-4-11-21)16-8-18-27(29)35-23-14-7-15-24(20-23)36-28-19-9-17-26(30(28)32)34-22-12-5-2-6-13-22;13-12-10(14)7-4-8-11(12)15-9-5-2-1-3-6-9;7-5-2-1-3-6(8)4-5;2-1-4-3;;;/h1-20H;1-8H;1-4,7-8H;1,3H;;;/q;;;;2*+1;-1/p-1. The number of hydrogen-bond acceptors (Lipinski definition) is 10. The molecule has 8 rings (SSSR count). The van der Waals surface area contributed by atoms with Crippen molar-refractivity contribution in [1.82, 2.24) is 0 Å². The van der Waals surface area contributed by atoms with Gasteiger partial charge in [-0.15, -0.1) is 0 Å². The molecular weight excluding hydrogens is 1090 g/mol. The van der Waals surface area contributed by atoms with Crippen molar-refractivity contribution in [3.05, 3.63) is 213 Å². The molecule has 8 aromatic carbocycles. The van der Waals surface area contributed by atoms with Crippen molar-refractivity contribution in [3.8, 4) is 69.0 Å². The van der Waals surface area contributed by atoms with Gasteiger partial charge in [0.15, 0.2) is 0 Å². The van der Waals surface area contributed by atoms with Gasteiger partial charge in [0.25, 0.3) is 6.47 Å². The Morgan fingerprint density at radius 2 is 0.692 bits per heavy atom. The van der Waals surface area contributed by atoms with Crippen LogP contribution in [0, 0.1) is 5.82 Å². The van der Waals surface area contributed by atoms with Crippen molar-refractivity contribution in [2.75, 3.05) is 0 Å². The predicted octanol–water partition coefficient (Wildman–Crippen LogP) is 8.41. The van der Waals surface area contributed by atoms with Gasteiger partial charge in [-0.2, -0.15) is 0 Å². The number of phenols is 2. The third-order valence-electron chi connectivity index (χ3n) is 7.82. The van der Waals surface area contributed by atoms with E-state index >= 15 is 0 Å². The molecule has 16 heteroatoms. The molecule has 0 bridgehead atoms. The smallest absolute Gasteiger partial charge is 1.00 e. The topological polar surface area (TPSA) is 136 Å². The number of para-hydroxylation sites is 3. The average molecular weight is 1120 g/mol. The second-order valence-electron chi connectivity index (χ2n) is 12.3. The second kappa shape index (κ2) is 30.7. The molecule has 8 aromatic rings. The van der Waals surface area contributed by atoms with Crippen LogP contribution in [-0.4, -0.2) is 16.7 Å². The van der Waals surface area contributed by atoms with E-state index in [1.807, 2.05) is 152 Å². The zero-order valence-corrected chi connectivity index (χ0v) is 45.7. The first-order valence-electron chi connectivity index (χ1n) is 18.5. The number of rotatable bonds is 11. The molecule has 0 aliphatic carbocycles. The van der Waals surface area contributed by atoms with Crippen LogP contribution in [0.3, 0.4) is 0 Å². The molecular formula is C49H36Br3FK2O10. The van der Waals surface area contributed by atoms with Crippen LogP contribution in [-0.2, 0) is 9.68 Å². The molecule has 0 aromatic heterocycles. The average Bonchev–Trinajstić information content (AvgIpc) is 3.30. The fourth-order valence-electron chi connectivity index (χ4n) is 5.05. The van der Waals surface area contributed by atoms with E-state index in [1.165, 1.54) is 24.3 Å². The first kappa shape index (κ1) is 55.8. The summed E-state index contributed by atoms with van der Waals surface area (Å²) in [7, 11) is 0. The molecule has 0 atom stereocenters. The van der Waals surface area contributed by atoms with Gasteiger partial charge in [-0.1, -0.05) is 84.9 Å². The van der Waals surface area contributed by atoms with E-state index in [9.17, 15) is 4.39 Å². The van der Waals surface area contributed by atoms with E-state index < -0.39 is 0 Å². The van der Waals surface area contributed by atoms with E-state index in [0.717, 1.165) is 11.5 Å². The number of hydrogen-bond donors (Lipinski definition) is 2. The van der Waals surface area contributed by atoms with Gasteiger partial charge in [-0.25, -0.2) is 4.39 Å². The molecule has 0 amide bonds. The third kappa shape index (κ3) is 19.3. The minimum Gasteiger partial charge on any atom is -1.00 e. The van der Waals surface area contributed by atoms with Crippen LogP contribution in [0.15, 0.2) is 208 Å². The molecule has 2 N–H and O–H groups in total. The van der Waals surface area contributed by atoms with E-state index in [1.54, 1.807) is 18.2 Å². The summed E-state index contributed by atoms with van der Waals surface area (Å²) < 4.78 is 44.7. The summed E-state index contributed by atoms with van der Waals surface area (Å²) in [5.41, 5.74) is 0. The Balaban J connectivity index is 0.000000409. The van der Waals surface area contributed by atoms with Crippen molar-refractivity contribution < 1.29 is 157 Å². The van der Waals surface area contributed by atoms with Gasteiger partial charge in [0.1, 0.15) is 83.8 Å². The van der Waals surface area contributed by atoms with Gasteiger partial charge in [-0.05, 0) is 145 Å². The number of ether oxygens (including phenoxy) is 5. The summed E-state index contributed by atoms with van der Waals surface area (Å²) in [4.78, 5) is 11.2. The molecule has 0 radical (unpaired) electrons. The number of phenolic OH excluding ortho intramolecular Hbond substituents is 2. The summed E-state index contributed by atoms with van der Waals surface area (Å²) in [6, 6.07) is 57.7. The monoisotopic (exact) mass is 1120 g/mol. The zero-order valence-electron chi connectivity index (χ0n) is 35.7. The van der Waals surface area contributed by atoms with E-state index in [-0.39, 0.29) is 128 Å². The summed E-state index contributed by atoms with van der Waals surface area (Å²) >= 11 is 10.4. The van der Waals surface area contributed by atoms with Crippen LogP contribution in [0.5, 0.6) is 69.0 Å². The first-order chi connectivity index (χ1) is 30.6. The molecule has 0 heterocycles. The van der Waals surface area contributed by atoms with Crippen molar-refractivity contribution in [3.63, 3.8) is 0 Å². The van der Waals surface area contributed by atoms with Crippen LogP contribution >= 0.6 is 47.8 Å². The normalized spacial score (nSPS) is 9.55. The van der Waals surface area contributed by atoms with Crippen LogP contribution in [0.1, 0.15) is 1.43 Å². The Labute approximate surface area is 486 Å². The van der Waals surface area contributed by atoms with Gasteiger partial charge >= 0.3 is 103 Å². The Morgan fingerprint density at radius 1 is 0.415 bits per heavy atom. The quantitative estimate of drug-likeness (QED) is 0.0563.